The number of hydrogen-bond acceptors (Lipinski definition) is 7. The van der Waals surface area contributed by atoms with Gasteiger partial charge in [0.25, 0.3) is 5.91 Å². The molecule has 1 aliphatic heterocycles. The molecule has 1 saturated carbocycles. The highest BCUT2D eigenvalue weighted by Crippen LogP contribution is 2.42. The van der Waals surface area contributed by atoms with E-state index < -0.39 is 0 Å². The lowest BCUT2D eigenvalue weighted by molar-refractivity contribution is 0.0958. The number of anilines is 1. The number of carbonyl (C=O) groups is 1. The summed E-state index contributed by atoms with van der Waals surface area (Å²) in [6.45, 7) is 2.17. The van der Waals surface area contributed by atoms with Crippen LogP contribution in [-0.2, 0) is 0 Å². The molecule has 0 spiro atoms. The molecule has 10 nitrogen and oxygen atoms in total. The molecular weight excluding hydrogens is 370 g/mol. The second kappa shape index (κ2) is 6.94. The van der Waals surface area contributed by atoms with Crippen molar-refractivity contribution in [2.45, 2.75) is 51.1 Å². The van der Waals surface area contributed by atoms with Crippen molar-refractivity contribution < 1.29 is 4.79 Å². The van der Waals surface area contributed by atoms with Gasteiger partial charge in [0.15, 0.2) is 11.6 Å². The Morgan fingerprint density at radius 3 is 2.83 bits per heavy atom. The predicted molar refractivity (Wildman–Crippen MR) is 105 cm³/mol. The molecule has 5 rings (SSSR count). The summed E-state index contributed by atoms with van der Waals surface area (Å²) >= 11 is 0. The molecule has 1 fully saturated rings. The Labute approximate surface area is 168 Å². The molecule has 1 N–H and O–H groups in total. The number of amides is 1. The van der Waals surface area contributed by atoms with Crippen LogP contribution in [0.25, 0.3) is 11.6 Å². The summed E-state index contributed by atoms with van der Waals surface area (Å²) in [6.07, 6.45) is 12.4. The van der Waals surface area contributed by atoms with Gasteiger partial charge < -0.3 is 10.2 Å². The minimum Gasteiger partial charge on any atom is -0.354 e. The van der Waals surface area contributed by atoms with Crippen LogP contribution in [0.15, 0.2) is 25.0 Å². The van der Waals surface area contributed by atoms with E-state index in [0.717, 1.165) is 36.6 Å². The highest BCUT2D eigenvalue weighted by Gasteiger charge is 2.38. The molecule has 1 aliphatic carbocycles. The first kappa shape index (κ1) is 17.8. The largest absolute Gasteiger partial charge is 0.354 e. The topological polar surface area (TPSA) is 107 Å². The molecule has 0 saturated heterocycles. The van der Waals surface area contributed by atoms with Crippen LogP contribution in [0.1, 0.15) is 61.4 Å². The third kappa shape index (κ3) is 2.78. The zero-order valence-corrected chi connectivity index (χ0v) is 16.5. The highest BCUT2D eigenvalue weighted by atomic mass is 16.1. The van der Waals surface area contributed by atoms with E-state index >= 15 is 0 Å². The lowest BCUT2D eigenvalue weighted by atomic mass is 10.0. The van der Waals surface area contributed by atoms with Crippen LogP contribution in [0.5, 0.6) is 0 Å². The predicted octanol–water partition coefficient (Wildman–Crippen LogP) is 1.82. The van der Waals surface area contributed by atoms with Gasteiger partial charge in [-0.05, 0) is 19.3 Å². The van der Waals surface area contributed by atoms with E-state index in [1.807, 2.05) is 4.57 Å². The van der Waals surface area contributed by atoms with E-state index in [1.165, 1.54) is 12.8 Å². The van der Waals surface area contributed by atoms with E-state index in [0.29, 0.717) is 17.7 Å². The maximum Gasteiger partial charge on any atom is 0.271 e. The molecule has 3 aromatic heterocycles. The number of carbonyl (C=O) groups excluding carboxylic acids is 1. The lowest BCUT2D eigenvalue weighted by Crippen LogP contribution is -2.42. The average molecular weight is 393 g/mol. The average Bonchev–Trinajstić information content (AvgIpc) is 3.52. The van der Waals surface area contributed by atoms with E-state index in [9.17, 15) is 4.79 Å². The number of nitrogens with one attached hydrogen (secondary N) is 1. The summed E-state index contributed by atoms with van der Waals surface area (Å²) in [5, 5.41) is 11.1. The molecule has 1 unspecified atom stereocenters. The minimum atomic E-state index is -0.241. The third-order valence-electron chi connectivity index (χ3n) is 5.83. The number of imidazole rings is 1. The first-order valence-corrected chi connectivity index (χ1v) is 10.0. The van der Waals surface area contributed by atoms with Gasteiger partial charge in [-0.2, -0.15) is 4.98 Å². The van der Waals surface area contributed by atoms with E-state index in [2.05, 4.69) is 37.3 Å². The van der Waals surface area contributed by atoms with Crippen molar-refractivity contribution in [3.8, 4) is 11.6 Å². The van der Waals surface area contributed by atoms with Crippen molar-refractivity contribution in [1.82, 2.24) is 39.6 Å². The molecule has 1 atom stereocenters. The standard InChI is InChI=1S/C19H23N9O/c1-3-14-17-25-23-11-27(17)15-8-21-19(26-9-13(22-10-26)18(29)20-2)24-16(15)28(14)12-6-4-5-7-12/h8-12,14H,3-7H2,1-2H3,(H,20,29). The number of aromatic nitrogens is 7. The molecule has 29 heavy (non-hydrogen) atoms. The van der Waals surface area contributed by atoms with Crippen molar-refractivity contribution in [3.63, 3.8) is 0 Å². The Bertz CT molecular complexity index is 1050. The Balaban J connectivity index is 1.63. The first-order valence-electron chi connectivity index (χ1n) is 10.0. The molecule has 2 aliphatic rings. The van der Waals surface area contributed by atoms with Gasteiger partial charge in [0.05, 0.1) is 12.2 Å². The molecular formula is C19H23N9O. The van der Waals surface area contributed by atoms with Gasteiger partial charge in [-0.3, -0.25) is 13.9 Å². The van der Waals surface area contributed by atoms with Gasteiger partial charge in [-0.1, -0.05) is 19.8 Å². The van der Waals surface area contributed by atoms with E-state index in [4.69, 9.17) is 4.98 Å². The fourth-order valence-electron chi connectivity index (χ4n) is 4.44. The Morgan fingerprint density at radius 2 is 2.07 bits per heavy atom. The summed E-state index contributed by atoms with van der Waals surface area (Å²) in [4.78, 5) is 27.9. The summed E-state index contributed by atoms with van der Waals surface area (Å²) in [7, 11) is 1.58. The normalized spacial score (nSPS) is 18.6. The molecule has 3 aromatic rings. The summed E-state index contributed by atoms with van der Waals surface area (Å²) in [5.41, 5.74) is 1.21. The molecule has 0 aromatic carbocycles. The van der Waals surface area contributed by atoms with Crippen molar-refractivity contribution in [2.75, 3.05) is 11.9 Å². The maximum atomic E-state index is 11.9. The van der Waals surface area contributed by atoms with E-state index in [1.54, 1.807) is 36.7 Å². The molecule has 0 radical (unpaired) electrons. The molecule has 4 heterocycles. The van der Waals surface area contributed by atoms with Crippen LogP contribution in [0, 0.1) is 0 Å². The van der Waals surface area contributed by atoms with Crippen LogP contribution in [-0.4, -0.2) is 53.3 Å². The van der Waals surface area contributed by atoms with Crippen LogP contribution in [0.4, 0.5) is 5.82 Å². The summed E-state index contributed by atoms with van der Waals surface area (Å²) in [5.74, 6) is 2.07. The van der Waals surface area contributed by atoms with Crippen molar-refractivity contribution in [1.29, 1.82) is 0 Å². The van der Waals surface area contributed by atoms with Crippen molar-refractivity contribution in [3.05, 3.63) is 36.6 Å². The summed E-state index contributed by atoms with van der Waals surface area (Å²) in [6, 6.07) is 0.552. The summed E-state index contributed by atoms with van der Waals surface area (Å²) < 4.78 is 3.67. The number of hydrogen-bond donors (Lipinski definition) is 1. The van der Waals surface area contributed by atoms with E-state index in [-0.39, 0.29) is 11.9 Å². The molecule has 10 heteroatoms. The van der Waals surface area contributed by atoms with Crippen LogP contribution >= 0.6 is 0 Å². The Hall–Kier alpha value is -3.30. The quantitative estimate of drug-likeness (QED) is 0.720. The second-order valence-corrected chi connectivity index (χ2v) is 7.45. The number of rotatable bonds is 4. The zero-order chi connectivity index (χ0) is 20.0. The molecule has 0 bridgehead atoms. The maximum absolute atomic E-state index is 11.9. The van der Waals surface area contributed by atoms with Gasteiger partial charge in [-0.25, -0.2) is 9.97 Å². The smallest absolute Gasteiger partial charge is 0.271 e. The first-order chi connectivity index (χ1) is 14.2. The van der Waals surface area contributed by atoms with Gasteiger partial charge in [0.1, 0.15) is 24.0 Å². The fourth-order valence-corrected chi connectivity index (χ4v) is 4.44. The Kier molecular flexibility index (Phi) is 4.26. The van der Waals surface area contributed by atoms with Gasteiger partial charge in [0.2, 0.25) is 5.95 Å². The monoisotopic (exact) mass is 393 g/mol. The molecule has 1 amide bonds. The van der Waals surface area contributed by atoms with Crippen molar-refractivity contribution >= 4 is 11.7 Å². The SMILES string of the molecule is CCC1c2nncn2-c2cnc(-n3cnc(C(=O)NC)c3)nc2N1C1CCCC1. The van der Waals surface area contributed by atoms with Gasteiger partial charge in [0, 0.05) is 19.3 Å². The van der Waals surface area contributed by atoms with Crippen LogP contribution in [0.2, 0.25) is 0 Å². The van der Waals surface area contributed by atoms with Crippen LogP contribution in [0.3, 0.4) is 0 Å². The lowest BCUT2D eigenvalue weighted by Gasteiger charge is -2.40. The number of nitrogens with zero attached hydrogens (tertiary/aromatic N) is 8. The fraction of sp³-hybridized carbons (Fsp3) is 0.474. The van der Waals surface area contributed by atoms with Gasteiger partial charge >= 0.3 is 0 Å². The Morgan fingerprint density at radius 1 is 1.24 bits per heavy atom. The zero-order valence-electron chi connectivity index (χ0n) is 16.5. The highest BCUT2D eigenvalue weighted by molar-refractivity contribution is 5.91. The minimum absolute atomic E-state index is 0.125. The van der Waals surface area contributed by atoms with Crippen LogP contribution < -0.4 is 10.2 Å². The second-order valence-electron chi connectivity index (χ2n) is 7.45. The van der Waals surface area contributed by atoms with Gasteiger partial charge in [-0.15, -0.1) is 10.2 Å². The van der Waals surface area contributed by atoms with Crippen molar-refractivity contribution in [2.24, 2.45) is 0 Å². The molecule has 150 valence electrons. The number of fused-ring (bicyclic) bond motifs is 3. The third-order valence-corrected chi connectivity index (χ3v) is 5.83.